The Morgan fingerprint density at radius 1 is 0.352 bits per heavy atom. The summed E-state index contributed by atoms with van der Waals surface area (Å²) in [5.41, 5.74) is 5.29. The Hall–Kier alpha value is -1.36. The molecule has 10 saturated heterocycles. The van der Waals surface area contributed by atoms with E-state index in [1.165, 1.54) is 32.1 Å². The molecule has 34 nitrogen and oxygen atoms in total. The van der Waals surface area contributed by atoms with E-state index in [4.69, 9.17) is 97.7 Å². The minimum Gasteiger partial charge on any atom is -0.396 e. The highest BCUT2D eigenvalue weighted by Crippen LogP contribution is 2.15. The number of piperazine rings is 2. The van der Waals surface area contributed by atoms with Crippen molar-refractivity contribution in [3.8, 4) is 0 Å². The van der Waals surface area contributed by atoms with Crippen molar-refractivity contribution in [3.05, 3.63) is 0 Å². The fourth-order valence-corrected chi connectivity index (χ4v) is 12.1. The lowest BCUT2D eigenvalue weighted by Gasteiger charge is -2.31. The lowest BCUT2D eigenvalue weighted by molar-refractivity contribution is 0.128. The van der Waals surface area contributed by atoms with Crippen molar-refractivity contribution in [2.24, 2.45) is 35.3 Å². The molecule has 34 heteroatoms. The Balaban J connectivity index is -0.00000111. The number of hydrogen-bond acceptors (Lipinski definition) is 34. The van der Waals surface area contributed by atoms with E-state index in [1.807, 2.05) is 4.90 Å². The number of β-amino-alcohol motifs (C(OH)–C–C–N with tert-alkyl or cyclic N) is 1. The van der Waals surface area contributed by atoms with Crippen LogP contribution in [0.4, 0.5) is 0 Å². The van der Waals surface area contributed by atoms with Crippen molar-refractivity contribution in [3.63, 3.8) is 0 Å². The topological polar surface area (TPSA) is 544 Å². The number of nitrogens with two attached hydrogens (primary N) is 1. The molecule has 32 N–H and O–H groups in total. The van der Waals surface area contributed by atoms with E-state index in [-0.39, 0.29) is 109 Å². The second kappa shape index (κ2) is 88.0. The number of nitrogens with zero attached hydrogens (tertiary/aromatic N) is 3. The number of likely N-dealkylation sites (N-methyl/N-ethyl adjacent to an activating group) is 1. The molecule has 10 rings (SSSR count). The predicted octanol–water partition coefficient (Wildman–Crippen LogP) is -8.69. The third-order valence-electron chi connectivity index (χ3n) is 19.3. The van der Waals surface area contributed by atoms with E-state index < -0.39 is 0 Å². The van der Waals surface area contributed by atoms with Crippen LogP contribution >= 0.6 is 0 Å². The van der Waals surface area contributed by atoms with Crippen LogP contribution in [-0.4, -0.2) is 446 Å². The SMILES string of the molecule is CN1CCN(CCO)CC1.NCCN(CCO)CCO.OC1CCNCC1.OCC1CCCC(CO)N1.OCC1CCCN1.OCC1CCCNC1.OCC1CCCNC1.OCC1CCNC1.OCC1CCNC1CO.OCC1CCNCC1.OCC1CNCCN1.OCCCNCCCO.OCCNCCO. The van der Waals surface area contributed by atoms with Crippen LogP contribution in [-0.2, 0) is 0 Å². The molecule has 0 aromatic rings. The quantitative estimate of drug-likeness (QED) is 0.0324. The molecule has 0 spiro atoms. The summed E-state index contributed by atoms with van der Waals surface area (Å²) in [6, 6.07) is 1.25. The molecule has 0 saturated carbocycles. The Kier molecular flexibility index (Phi) is 90.3. The van der Waals surface area contributed by atoms with E-state index in [0.717, 1.165) is 228 Å². The van der Waals surface area contributed by atoms with Crippen molar-refractivity contribution in [1.82, 2.24) is 78.5 Å². The maximum atomic E-state index is 8.87. The smallest absolute Gasteiger partial charge is 0.0597 e. The normalized spacial score (nSPS) is 24.9. The van der Waals surface area contributed by atoms with Crippen molar-refractivity contribution in [1.29, 1.82) is 0 Å². The van der Waals surface area contributed by atoms with Crippen LogP contribution < -0.4 is 69.5 Å². The summed E-state index contributed by atoms with van der Waals surface area (Å²) in [7, 11) is 2.14. The molecular weight excluding hydrogens is 1400 g/mol. The lowest BCUT2D eigenvalue weighted by Crippen LogP contribution is -2.49. The molecule has 10 fully saturated rings. The van der Waals surface area contributed by atoms with Gasteiger partial charge in [-0.3, -0.25) is 9.80 Å². The number of rotatable bonds is 28. The molecule has 0 amide bonds. The summed E-state index contributed by atoms with van der Waals surface area (Å²) in [6.45, 7) is 30.1. The van der Waals surface area contributed by atoms with Gasteiger partial charge in [-0.2, -0.15) is 0 Å². The molecule has 10 aliphatic rings. The molecular formula is C74H170N16O18. The highest BCUT2D eigenvalue weighted by atomic mass is 16.3. The van der Waals surface area contributed by atoms with Crippen molar-refractivity contribution in [2.45, 2.75) is 145 Å². The van der Waals surface area contributed by atoms with Crippen molar-refractivity contribution >= 4 is 0 Å². The van der Waals surface area contributed by atoms with Gasteiger partial charge in [-0.1, -0.05) is 6.42 Å². The largest absolute Gasteiger partial charge is 0.396 e. The van der Waals surface area contributed by atoms with Crippen LogP contribution in [0.3, 0.4) is 0 Å². The average Bonchev–Trinajstić information content (AvgIpc) is 1.74. The van der Waals surface area contributed by atoms with Gasteiger partial charge in [0.05, 0.1) is 72.2 Å². The first kappa shape index (κ1) is 111. The molecule has 10 aliphatic heterocycles. The lowest BCUT2D eigenvalue weighted by atomic mass is 10.00. The molecule has 0 radical (unpaired) electrons. The zero-order valence-corrected chi connectivity index (χ0v) is 67.2. The summed E-state index contributed by atoms with van der Waals surface area (Å²) in [6.07, 6.45) is 18.3. The van der Waals surface area contributed by atoms with Gasteiger partial charge in [-0.15, -0.1) is 0 Å². The van der Waals surface area contributed by atoms with Crippen LogP contribution in [0.5, 0.6) is 0 Å². The Labute approximate surface area is 651 Å². The Morgan fingerprint density at radius 2 is 0.806 bits per heavy atom. The number of aliphatic hydroxyl groups is 18. The minimum atomic E-state index is -0.0266. The first-order chi connectivity index (χ1) is 52.7. The molecule has 10 heterocycles. The first-order valence-electron chi connectivity index (χ1n) is 41.2. The summed E-state index contributed by atoms with van der Waals surface area (Å²) in [5.74, 6) is 2.46. The van der Waals surface area contributed by atoms with E-state index in [9.17, 15) is 0 Å². The third-order valence-corrected chi connectivity index (χ3v) is 19.3. The van der Waals surface area contributed by atoms with E-state index in [0.29, 0.717) is 102 Å². The van der Waals surface area contributed by atoms with Gasteiger partial charge in [0, 0.05) is 194 Å². The first-order valence-corrected chi connectivity index (χ1v) is 41.2. The van der Waals surface area contributed by atoms with Gasteiger partial charge in [0.2, 0.25) is 0 Å². The molecule has 108 heavy (non-hydrogen) atoms. The van der Waals surface area contributed by atoms with Crippen LogP contribution in [0.2, 0.25) is 0 Å². The molecule has 0 aliphatic carbocycles. The fourth-order valence-electron chi connectivity index (χ4n) is 12.1. The van der Waals surface area contributed by atoms with Gasteiger partial charge in [-0.05, 0) is 205 Å². The molecule has 0 bridgehead atoms. The molecule has 654 valence electrons. The Morgan fingerprint density at radius 3 is 1.13 bits per heavy atom. The maximum absolute atomic E-state index is 8.87. The van der Waals surface area contributed by atoms with Crippen LogP contribution in [0.15, 0.2) is 0 Å². The fraction of sp³-hybridized carbons (Fsp3) is 1.00. The van der Waals surface area contributed by atoms with Crippen LogP contribution in [0.1, 0.15) is 109 Å². The van der Waals surface area contributed by atoms with Gasteiger partial charge >= 0.3 is 0 Å². The number of nitrogens with one attached hydrogen (secondary N) is 12. The summed E-state index contributed by atoms with van der Waals surface area (Å²) >= 11 is 0. The monoisotopic (exact) mass is 1570 g/mol. The average molecular weight is 1570 g/mol. The van der Waals surface area contributed by atoms with E-state index in [1.54, 1.807) is 0 Å². The van der Waals surface area contributed by atoms with Gasteiger partial charge < -0.3 is 166 Å². The standard InChI is InChI=1S/C7H16N2O.C7H15NO2.C6H16N2O2.C6H13NO2.C6H15NO2.3C6H13NO.C5H12N2O.3C5H11NO.C4H11NO2/c1-8-2-4-9(5-3-8)6-7-10;9-4-6-2-1-3-7(5-10)8-6;7-1-2-8(3-5-9)4-6-10;8-3-5-1-2-7-6(5)4-9;8-5-1-3-7-4-2-6-9;8-5-6-1-3-7-4-2-6;2*8-5-6-2-1-3-7-4-6;8-4-5-3-6-1-2-7-5;7-5-1-3-6-4-2-5;7-4-5-1-2-6-3-5;7-4-5-2-1-3-6-5;6-3-1-5-2-4-7/h10H,2-7H2,1H3;6-10H,1-5H2;9-10H,1-7H2;5-9H,1-4H2;7-9H,1-6H2;3*6-8H,1-5H2;5-8H,1-4H2;4*5-7H,1-4H2. The van der Waals surface area contributed by atoms with Gasteiger partial charge in [-0.25, -0.2) is 0 Å². The van der Waals surface area contributed by atoms with Crippen LogP contribution in [0, 0.1) is 29.6 Å². The third kappa shape index (κ3) is 72.3. The van der Waals surface area contributed by atoms with Crippen LogP contribution in [0.25, 0.3) is 0 Å². The highest BCUT2D eigenvalue weighted by Gasteiger charge is 2.25. The molecule has 0 aromatic carbocycles. The summed E-state index contributed by atoms with van der Waals surface area (Å²) < 4.78 is 0. The zero-order valence-electron chi connectivity index (χ0n) is 67.2. The number of piperidine rings is 5. The van der Waals surface area contributed by atoms with E-state index >= 15 is 0 Å². The van der Waals surface area contributed by atoms with Gasteiger partial charge in [0.15, 0.2) is 0 Å². The number of hydrogen-bond donors (Lipinski definition) is 31. The molecule has 0 aromatic heterocycles. The molecule has 9 unspecified atom stereocenters. The summed E-state index contributed by atoms with van der Waals surface area (Å²) in [5, 5.41) is 192. The van der Waals surface area contributed by atoms with E-state index in [2.05, 4.69) is 80.6 Å². The Bertz CT molecular complexity index is 1540. The second-order valence-corrected chi connectivity index (χ2v) is 28.6. The predicted molar refractivity (Wildman–Crippen MR) is 431 cm³/mol. The highest BCUT2D eigenvalue weighted by molar-refractivity contribution is 4.83. The zero-order chi connectivity index (χ0) is 80.4. The second-order valence-electron chi connectivity index (χ2n) is 28.6. The molecule has 9 atom stereocenters. The minimum absolute atomic E-state index is 0.0266. The maximum Gasteiger partial charge on any atom is 0.0597 e. The van der Waals surface area contributed by atoms with Crippen molar-refractivity contribution < 1.29 is 91.9 Å². The number of aliphatic hydroxyl groups excluding tert-OH is 18. The summed E-state index contributed by atoms with van der Waals surface area (Å²) in [4.78, 5) is 6.52. The van der Waals surface area contributed by atoms with Gasteiger partial charge in [0.1, 0.15) is 0 Å². The van der Waals surface area contributed by atoms with Gasteiger partial charge in [0.25, 0.3) is 0 Å². The van der Waals surface area contributed by atoms with Crippen molar-refractivity contribution in [2.75, 3.05) is 303 Å².